The van der Waals surface area contributed by atoms with E-state index in [4.69, 9.17) is 17.2 Å². The van der Waals surface area contributed by atoms with Gasteiger partial charge in [-0.3, -0.25) is 24.0 Å². The van der Waals surface area contributed by atoms with Crippen LogP contribution in [-0.2, 0) is 24.0 Å². The largest absolute Gasteiger partial charge is 0.354 e. The third-order valence-electron chi connectivity index (χ3n) is 10.8. The van der Waals surface area contributed by atoms with Crippen molar-refractivity contribution in [2.45, 2.75) is 211 Å². The fourth-order valence-electron chi connectivity index (χ4n) is 7.23. The minimum atomic E-state index is -0.699. The fraction of sp³-hybridized carbons (Fsp3) is 0.884. The topological polar surface area (TPSA) is 224 Å². The van der Waals surface area contributed by atoms with Crippen molar-refractivity contribution in [1.29, 1.82) is 0 Å². The summed E-state index contributed by atoms with van der Waals surface area (Å²) in [5, 5.41) is 15.0. The van der Waals surface area contributed by atoms with Crippen molar-refractivity contribution in [3.05, 3.63) is 0 Å². The van der Waals surface area contributed by atoms with Gasteiger partial charge in [0.1, 0.15) is 18.1 Å². The van der Waals surface area contributed by atoms with E-state index in [0.29, 0.717) is 71.2 Å². The summed E-state index contributed by atoms with van der Waals surface area (Å²) in [7, 11) is 0. The molecule has 1 aliphatic rings. The van der Waals surface area contributed by atoms with Gasteiger partial charge >= 0.3 is 0 Å². The normalized spacial score (nSPS) is 23.2. The molecule has 0 bridgehead atoms. The highest BCUT2D eigenvalue weighted by Crippen LogP contribution is 2.14. The Balaban J connectivity index is 2.74. The highest BCUT2D eigenvalue weighted by molar-refractivity contribution is 5.92. The van der Waals surface area contributed by atoms with E-state index in [-0.39, 0.29) is 29.5 Å². The van der Waals surface area contributed by atoms with Gasteiger partial charge in [-0.25, -0.2) is 0 Å². The molecule has 56 heavy (non-hydrogen) atoms. The maximum atomic E-state index is 13.5. The highest BCUT2D eigenvalue weighted by atomic mass is 16.2. The molecular formula is C43H84N8O5. The van der Waals surface area contributed by atoms with Crippen LogP contribution in [0.4, 0.5) is 0 Å². The predicted octanol–water partition coefficient (Wildman–Crippen LogP) is 5.27. The summed E-state index contributed by atoms with van der Waals surface area (Å²) in [5.74, 6) is -0.778. The van der Waals surface area contributed by atoms with Gasteiger partial charge < -0.3 is 43.8 Å². The minimum absolute atomic E-state index is 0.0505. The van der Waals surface area contributed by atoms with Crippen molar-refractivity contribution in [2.75, 3.05) is 32.7 Å². The second kappa shape index (κ2) is 36.6. The summed E-state index contributed by atoms with van der Waals surface area (Å²) in [4.78, 5) is 65.3. The molecule has 5 amide bonds. The molecule has 1 heterocycles. The van der Waals surface area contributed by atoms with Crippen LogP contribution in [-0.4, -0.2) is 80.4 Å². The third-order valence-corrected chi connectivity index (χ3v) is 10.8. The molecule has 3 unspecified atom stereocenters. The number of carbonyl (C=O) groups excluding carboxylic acids is 5. The van der Waals surface area contributed by atoms with Crippen LogP contribution in [0, 0.1) is 0 Å². The van der Waals surface area contributed by atoms with Crippen LogP contribution in [0.1, 0.15) is 193 Å². The number of rotatable bonds is 12. The molecule has 0 radical (unpaired) electrons. The van der Waals surface area contributed by atoms with E-state index in [1.807, 2.05) is 0 Å². The van der Waals surface area contributed by atoms with Crippen LogP contribution in [0.15, 0.2) is 0 Å². The predicted molar refractivity (Wildman–Crippen MR) is 227 cm³/mol. The van der Waals surface area contributed by atoms with E-state index in [1.54, 1.807) is 0 Å². The van der Waals surface area contributed by atoms with Crippen LogP contribution in [0.3, 0.4) is 0 Å². The average molecular weight is 793 g/mol. The summed E-state index contributed by atoms with van der Waals surface area (Å²) in [6, 6.07) is -1.87. The fourth-order valence-corrected chi connectivity index (χ4v) is 7.23. The zero-order chi connectivity index (χ0) is 40.9. The van der Waals surface area contributed by atoms with Crippen molar-refractivity contribution in [3.8, 4) is 0 Å². The Hall–Kier alpha value is -2.77. The summed E-state index contributed by atoms with van der Waals surface area (Å²) >= 11 is 0. The van der Waals surface area contributed by atoms with Gasteiger partial charge in [0.15, 0.2) is 0 Å². The van der Waals surface area contributed by atoms with Crippen molar-refractivity contribution in [2.24, 2.45) is 17.2 Å². The molecule has 13 heteroatoms. The van der Waals surface area contributed by atoms with Crippen molar-refractivity contribution in [3.63, 3.8) is 0 Å². The first-order chi connectivity index (χ1) is 27.3. The number of nitrogens with one attached hydrogen (secondary N) is 5. The van der Waals surface area contributed by atoms with E-state index >= 15 is 0 Å². The van der Waals surface area contributed by atoms with E-state index < -0.39 is 18.1 Å². The summed E-state index contributed by atoms with van der Waals surface area (Å²) in [6.07, 6.45) is 26.8. The third kappa shape index (κ3) is 28.6. The van der Waals surface area contributed by atoms with Crippen LogP contribution in [0.5, 0.6) is 0 Å². The number of carbonyl (C=O) groups is 5. The SMILES string of the molecule is NCCCCC1NC(=O)CCCCCCCCCCCNC(=O)C(CCCCN)NC(=O)C(CCCCN)NC(=O)CCCCCCCCCCCCNC1=O. The molecule has 1 aliphatic heterocycles. The van der Waals surface area contributed by atoms with Crippen molar-refractivity contribution >= 4 is 29.5 Å². The van der Waals surface area contributed by atoms with Crippen LogP contribution < -0.4 is 43.8 Å². The van der Waals surface area contributed by atoms with Gasteiger partial charge in [0.25, 0.3) is 0 Å². The van der Waals surface area contributed by atoms with Crippen LogP contribution >= 0.6 is 0 Å². The smallest absolute Gasteiger partial charge is 0.243 e. The number of unbranched alkanes of at least 4 members (excludes halogenated alkanes) is 3. The summed E-state index contributed by atoms with van der Waals surface area (Å²) < 4.78 is 0. The Morgan fingerprint density at radius 2 is 0.643 bits per heavy atom. The zero-order valence-corrected chi connectivity index (χ0v) is 35.3. The maximum Gasteiger partial charge on any atom is 0.243 e. The van der Waals surface area contributed by atoms with E-state index in [1.165, 1.54) is 6.42 Å². The second-order valence-corrected chi connectivity index (χ2v) is 16.0. The lowest BCUT2D eigenvalue weighted by atomic mass is 10.0. The molecule has 1 fully saturated rings. The van der Waals surface area contributed by atoms with E-state index in [0.717, 1.165) is 148 Å². The maximum absolute atomic E-state index is 13.5. The quantitative estimate of drug-likeness (QED) is 0.121. The first kappa shape index (κ1) is 51.2. The van der Waals surface area contributed by atoms with Gasteiger partial charge in [0.05, 0.1) is 0 Å². The molecule has 0 aliphatic carbocycles. The molecule has 3 atom stereocenters. The molecule has 0 spiro atoms. The van der Waals surface area contributed by atoms with Gasteiger partial charge in [-0.1, -0.05) is 96.3 Å². The molecule has 0 aromatic rings. The van der Waals surface area contributed by atoms with Crippen molar-refractivity contribution < 1.29 is 24.0 Å². The monoisotopic (exact) mass is 793 g/mol. The van der Waals surface area contributed by atoms with Crippen molar-refractivity contribution in [1.82, 2.24) is 26.6 Å². The molecule has 11 N–H and O–H groups in total. The number of hydrogen-bond acceptors (Lipinski definition) is 8. The Morgan fingerprint density at radius 3 is 0.982 bits per heavy atom. The Bertz CT molecular complexity index is 1030. The van der Waals surface area contributed by atoms with Gasteiger partial charge in [-0.15, -0.1) is 0 Å². The standard InChI is InChI=1S/C43H84N8O5/c44-31-21-18-26-36-41(54)47-34-24-14-10-6-2-1-4-8-13-17-30-40(53)50-38(28-20-23-33-46)43(56)51-37(27-19-22-32-45)42(55)48-35-25-15-11-7-3-5-9-12-16-29-39(52)49-36/h36-38H,1-35,44-46H2,(H,47,54)(H,48,55)(H,49,52)(H,50,53)(H,51,56). The van der Waals surface area contributed by atoms with E-state index in [9.17, 15) is 24.0 Å². The van der Waals surface area contributed by atoms with Crippen LogP contribution in [0.2, 0.25) is 0 Å². The summed E-state index contributed by atoms with van der Waals surface area (Å²) in [5.41, 5.74) is 17.1. The Kier molecular flexibility index (Phi) is 33.5. The molecule has 1 rings (SSSR count). The molecule has 0 saturated carbocycles. The van der Waals surface area contributed by atoms with E-state index in [2.05, 4.69) is 26.6 Å². The zero-order valence-electron chi connectivity index (χ0n) is 35.3. The number of amides is 5. The Labute approximate surface area is 340 Å². The van der Waals surface area contributed by atoms with Gasteiger partial charge in [-0.2, -0.15) is 0 Å². The summed E-state index contributed by atoms with van der Waals surface area (Å²) in [6.45, 7) is 2.80. The average Bonchev–Trinajstić information content (AvgIpc) is 3.18. The lowest BCUT2D eigenvalue weighted by Gasteiger charge is -2.23. The molecule has 1 saturated heterocycles. The molecule has 326 valence electrons. The number of hydrogen-bond donors (Lipinski definition) is 8. The molecular weight excluding hydrogens is 709 g/mol. The van der Waals surface area contributed by atoms with Gasteiger partial charge in [0, 0.05) is 25.9 Å². The second-order valence-electron chi connectivity index (χ2n) is 16.0. The highest BCUT2D eigenvalue weighted by Gasteiger charge is 2.26. The molecule has 13 nitrogen and oxygen atoms in total. The lowest BCUT2D eigenvalue weighted by molar-refractivity contribution is -0.132. The van der Waals surface area contributed by atoms with Gasteiger partial charge in [-0.05, 0) is 103 Å². The minimum Gasteiger partial charge on any atom is -0.354 e. The first-order valence-corrected chi connectivity index (χ1v) is 22.9. The molecule has 0 aromatic carbocycles. The van der Waals surface area contributed by atoms with Gasteiger partial charge in [0.2, 0.25) is 29.5 Å². The number of nitrogens with two attached hydrogens (primary N) is 3. The first-order valence-electron chi connectivity index (χ1n) is 22.9. The van der Waals surface area contributed by atoms with Crippen LogP contribution in [0.25, 0.3) is 0 Å². The lowest BCUT2D eigenvalue weighted by Crippen LogP contribution is -2.53. The molecule has 0 aromatic heterocycles. The Morgan fingerprint density at radius 1 is 0.357 bits per heavy atom.